The van der Waals surface area contributed by atoms with Crippen molar-refractivity contribution in [2.75, 3.05) is 7.11 Å². The minimum atomic E-state index is -3.97. The molecule has 1 aromatic heterocycles. The normalized spacial score (nSPS) is 15.9. The van der Waals surface area contributed by atoms with Crippen LogP contribution in [0.4, 0.5) is 0 Å². The van der Waals surface area contributed by atoms with Gasteiger partial charge in [0.2, 0.25) is 0 Å². The average molecular weight is 298 g/mol. The van der Waals surface area contributed by atoms with Crippen molar-refractivity contribution in [3.8, 4) is 0 Å². The van der Waals surface area contributed by atoms with E-state index in [9.17, 15) is 13.2 Å². The highest BCUT2D eigenvalue weighted by atomic mass is 35.7. The van der Waals surface area contributed by atoms with Crippen LogP contribution < -0.4 is 0 Å². The summed E-state index contributed by atoms with van der Waals surface area (Å²) in [6, 6.07) is 0.0915. The molecule has 0 amide bonds. The van der Waals surface area contributed by atoms with Gasteiger partial charge >= 0.3 is 5.97 Å². The van der Waals surface area contributed by atoms with Gasteiger partial charge in [0.25, 0.3) is 9.05 Å². The van der Waals surface area contributed by atoms with Crippen molar-refractivity contribution in [2.24, 2.45) is 0 Å². The summed E-state index contributed by atoms with van der Waals surface area (Å²) in [5.41, 5.74) is 0.0379. The number of carbonyl (C=O) groups is 1. The zero-order chi connectivity index (χ0) is 12.8. The molecular weight excluding hydrogens is 289 g/mol. The Hall–Kier alpha value is -0.720. The van der Waals surface area contributed by atoms with Crippen LogP contribution in [0.5, 0.6) is 0 Å². The summed E-state index contributed by atoms with van der Waals surface area (Å²) >= 11 is 5.87. The molecule has 0 unspecified atom stereocenters. The van der Waals surface area contributed by atoms with E-state index in [-0.39, 0.29) is 21.7 Å². The number of halogens is 2. The molecule has 0 spiro atoms. The van der Waals surface area contributed by atoms with Gasteiger partial charge in [-0.05, 0) is 12.8 Å². The van der Waals surface area contributed by atoms with E-state index in [1.165, 1.54) is 17.9 Å². The number of hydrogen-bond acceptors (Lipinski definition) is 4. The first-order chi connectivity index (χ1) is 7.86. The van der Waals surface area contributed by atoms with Crippen LogP contribution in [0.25, 0.3) is 0 Å². The molecule has 0 radical (unpaired) electrons. The van der Waals surface area contributed by atoms with Gasteiger partial charge in [-0.15, -0.1) is 0 Å². The first-order valence-corrected chi connectivity index (χ1v) is 7.48. The molecule has 0 aromatic carbocycles. The molecule has 2 rings (SSSR count). The fraction of sp³-hybridized carbons (Fsp3) is 0.444. The molecule has 1 aliphatic rings. The lowest BCUT2D eigenvalue weighted by Crippen LogP contribution is -2.09. The standard InChI is InChI=1S/C9H9Cl2NO4S/c1-16-9(13)8-7(10)6(17(11,14)15)4-12(8)5-2-3-5/h4-5H,2-3H2,1H3. The van der Waals surface area contributed by atoms with E-state index in [1.807, 2.05) is 0 Å². The third kappa shape index (κ3) is 2.29. The Morgan fingerprint density at radius 1 is 1.53 bits per heavy atom. The summed E-state index contributed by atoms with van der Waals surface area (Å²) in [6.45, 7) is 0. The molecule has 17 heavy (non-hydrogen) atoms. The summed E-state index contributed by atoms with van der Waals surface area (Å²) < 4.78 is 28.7. The molecule has 5 nitrogen and oxygen atoms in total. The number of carbonyl (C=O) groups excluding carboxylic acids is 1. The average Bonchev–Trinajstić information content (AvgIpc) is 3.00. The Morgan fingerprint density at radius 2 is 2.12 bits per heavy atom. The predicted octanol–water partition coefficient (Wildman–Crippen LogP) is 2.19. The number of rotatable bonds is 3. The van der Waals surface area contributed by atoms with Crippen LogP contribution in [0, 0.1) is 0 Å². The SMILES string of the molecule is COC(=O)c1c(Cl)c(S(=O)(=O)Cl)cn1C1CC1. The van der Waals surface area contributed by atoms with Gasteiger partial charge in [0.05, 0.1) is 12.1 Å². The Balaban J connectivity index is 2.63. The molecule has 1 aliphatic carbocycles. The zero-order valence-electron chi connectivity index (χ0n) is 8.81. The molecule has 1 saturated carbocycles. The van der Waals surface area contributed by atoms with Gasteiger partial charge in [-0.2, -0.15) is 0 Å². The molecule has 0 aliphatic heterocycles. The maximum atomic E-state index is 11.6. The minimum Gasteiger partial charge on any atom is -0.464 e. The van der Waals surface area contributed by atoms with Crippen LogP contribution in [-0.4, -0.2) is 26.1 Å². The Morgan fingerprint density at radius 3 is 2.53 bits per heavy atom. The third-order valence-electron chi connectivity index (χ3n) is 2.52. The third-order valence-corrected chi connectivity index (χ3v) is 4.35. The lowest BCUT2D eigenvalue weighted by atomic mass is 10.4. The van der Waals surface area contributed by atoms with E-state index in [2.05, 4.69) is 4.74 Å². The van der Waals surface area contributed by atoms with Crippen molar-refractivity contribution < 1.29 is 17.9 Å². The number of ether oxygens (including phenoxy) is 1. The van der Waals surface area contributed by atoms with Gasteiger partial charge in [0.1, 0.15) is 10.6 Å². The van der Waals surface area contributed by atoms with Crippen molar-refractivity contribution in [3.05, 3.63) is 16.9 Å². The molecule has 1 aromatic rings. The Labute approximate surface area is 108 Å². The van der Waals surface area contributed by atoms with E-state index in [4.69, 9.17) is 22.3 Å². The number of aromatic nitrogens is 1. The fourth-order valence-corrected chi connectivity index (χ4v) is 3.13. The zero-order valence-corrected chi connectivity index (χ0v) is 11.1. The van der Waals surface area contributed by atoms with Crippen molar-refractivity contribution >= 4 is 37.3 Å². The van der Waals surface area contributed by atoms with Gasteiger partial charge in [-0.3, -0.25) is 0 Å². The number of nitrogens with zero attached hydrogens (tertiary/aromatic N) is 1. The van der Waals surface area contributed by atoms with Crippen LogP contribution in [0.2, 0.25) is 5.02 Å². The highest BCUT2D eigenvalue weighted by molar-refractivity contribution is 8.13. The number of esters is 1. The first-order valence-electron chi connectivity index (χ1n) is 4.79. The lowest BCUT2D eigenvalue weighted by Gasteiger charge is -2.05. The van der Waals surface area contributed by atoms with Crippen molar-refractivity contribution in [3.63, 3.8) is 0 Å². The second-order valence-corrected chi connectivity index (χ2v) is 6.64. The van der Waals surface area contributed by atoms with Crippen LogP contribution in [0.15, 0.2) is 11.1 Å². The highest BCUT2D eigenvalue weighted by Gasteiger charge is 2.34. The summed E-state index contributed by atoms with van der Waals surface area (Å²) in [5, 5.41) is -0.182. The summed E-state index contributed by atoms with van der Waals surface area (Å²) in [4.78, 5) is 11.3. The monoisotopic (exact) mass is 297 g/mol. The van der Waals surface area contributed by atoms with Crippen molar-refractivity contribution in [1.29, 1.82) is 0 Å². The highest BCUT2D eigenvalue weighted by Crippen LogP contribution is 2.41. The smallest absolute Gasteiger partial charge is 0.356 e. The number of methoxy groups -OCH3 is 1. The molecular formula is C9H9Cl2NO4S. The topological polar surface area (TPSA) is 65.4 Å². The molecule has 8 heteroatoms. The quantitative estimate of drug-likeness (QED) is 0.634. The second-order valence-electron chi connectivity index (χ2n) is 3.72. The van der Waals surface area contributed by atoms with Gasteiger partial charge in [0, 0.05) is 22.9 Å². The number of hydrogen-bond donors (Lipinski definition) is 0. The summed E-state index contributed by atoms with van der Waals surface area (Å²) in [7, 11) is 2.48. The summed E-state index contributed by atoms with van der Waals surface area (Å²) in [6.07, 6.45) is 3.03. The van der Waals surface area contributed by atoms with Gasteiger partial charge in [-0.25, -0.2) is 13.2 Å². The second kappa shape index (κ2) is 4.19. The maximum absolute atomic E-state index is 11.6. The molecule has 0 atom stereocenters. The molecule has 94 valence electrons. The van der Waals surface area contributed by atoms with E-state index >= 15 is 0 Å². The van der Waals surface area contributed by atoms with Crippen LogP contribution in [0.1, 0.15) is 29.4 Å². The predicted molar refractivity (Wildman–Crippen MR) is 62.1 cm³/mol. The molecule has 0 saturated heterocycles. The molecule has 1 heterocycles. The summed E-state index contributed by atoms with van der Waals surface area (Å²) in [5.74, 6) is -0.673. The van der Waals surface area contributed by atoms with Gasteiger partial charge in [-0.1, -0.05) is 11.6 Å². The molecule has 0 bridgehead atoms. The molecule has 1 fully saturated rings. The Bertz CT molecular complexity index is 574. The van der Waals surface area contributed by atoms with E-state index in [0.29, 0.717) is 0 Å². The van der Waals surface area contributed by atoms with Crippen molar-refractivity contribution in [1.82, 2.24) is 4.57 Å². The van der Waals surface area contributed by atoms with Gasteiger partial charge < -0.3 is 9.30 Å². The van der Waals surface area contributed by atoms with Gasteiger partial charge in [0.15, 0.2) is 0 Å². The van der Waals surface area contributed by atoms with E-state index < -0.39 is 15.0 Å². The first kappa shape index (κ1) is 12.7. The maximum Gasteiger partial charge on any atom is 0.356 e. The van der Waals surface area contributed by atoms with E-state index in [0.717, 1.165) is 12.8 Å². The van der Waals surface area contributed by atoms with Crippen LogP contribution >= 0.6 is 22.3 Å². The Kier molecular flexibility index (Phi) is 3.14. The minimum absolute atomic E-state index is 0.0379. The van der Waals surface area contributed by atoms with E-state index in [1.54, 1.807) is 0 Å². The van der Waals surface area contributed by atoms with Crippen molar-refractivity contribution in [2.45, 2.75) is 23.8 Å². The van der Waals surface area contributed by atoms with Crippen LogP contribution in [0.3, 0.4) is 0 Å². The molecule has 0 N–H and O–H groups in total. The largest absolute Gasteiger partial charge is 0.464 e. The fourth-order valence-electron chi connectivity index (χ4n) is 1.58. The van der Waals surface area contributed by atoms with Crippen LogP contribution in [-0.2, 0) is 13.8 Å². The lowest BCUT2D eigenvalue weighted by molar-refractivity contribution is 0.0588.